The van der Waals surface area contributed by atoms with E-state index in [4.69, 9.17) is 0 Å². The Morgan fingerprint density at radius 1 is 1.32 bits per heavy atom. The Morgan fingerprint density at radius 3 is 2.79 bits per heavy atom. The highest BCUT2D eigenvalue weighted by atomic mass is 19.1. The minimum atomic E-state index is -0.510. The van der Waals surface area contributed by atoms with Crippen LogP contribution >= 0.6 is 0 Å². The van der Waals surface area contributed by atoms with E-state index in [9.17, 15) is 19.3 Å². The number of carbonyl (C=O) groups excluding carboxylic acids is 1. The first-order chi connectivity index (χ1) is 13.5. The summed E-state index contributed by atoms with van der Waals surface area (Å²) in [4.78, 5) is 26.5. The molecule has 0 saturated heterocycles. The predicted molar refractivity (Wildman–Crippen MR) is 102 cm³/mol. The molecule has 1 amide bonds. The number of nitro benzene ring substituents is 1. The molecular formula is C20H17FN4O3. The zero-order valence-corrected chi connectivity index (χ0v) is 15.0. The molecule has 0 radical (unpaired) electrons. The van der Waals surface area contributed by atoms with E-state index in [0.29, 0.717) is 22.6 Å². The lowest BCUT2D eigenvalue weighted by Crippen LogP contribution is -2.20. The van der Waals surface area contributed by atoms with E-state index in [-0.39, 0.29) is 12.2 Å². The molecule has 1 aromatic heterocycles. The molecule has 0 saturated carbocycles. The fourth-order valence-electron chi connectivity index (χ4n) is 2.70. The third-order valence-electron chi connectivity index (χ3n) is 4.11. The molecule has 0 unspecified atom stereocenters. The minimum absolute atomic E-state index is 0.0843. The zero-order valence-electron chi connectivity index (χ0n) is 15.0. The highest BCUT2D eigenvalue weighted by Gasteiger charge is 2.10. The van der Waals surface area contributed by atoms with E-state index in [2.05, 4.69) is 10.3 Å². The van der Waals surface area contributed by atoms with Crippen molar-refractivity contribution in [3.8, 4) is 5.69 Å². The molecule has 0 bridgehead atoms. The summed E-state index contributed by atoms with van der Waals surface area (Å²) in [6.07, 6.45) is 5.84. The Kier molecular flexibility index (Phi) is 5.59. The Morgan fingerprint density at radius 2 is 2.11 bits per heavy atom. The first-order valence-corrected chi connectivity index (χ1v) is 8.44. The molecule has 0 aliphatic carbocycles. The number of benzene rings is 2. The van der Waals surface area contributed by atoms with Gasteiger partial charge in [-0.05, 0) is 36.8 Å². The van der Waals surface area contributed by atoms with Gasteiger partial charge in [0.05, 0.1) is 16.2 Å². The molecule has 0 aliphatic rings. The van der Waals surface area contributed by atoms with Crippen LogP contribution in [0.15, 0.2) is 60.9 Å². The number of hydrogen-bond acceptors (Lipinski definition) is 4. The summed E-state index contributed by atoms with van der Waals surface area (Å²) < 4.78 is 16.0. The maximum absolute atomic E-state index is 14.4. The van der Waals surface area contributed by atoms with Crippen LogP contribution < -0.4 is 5.32 Å². The monoisotopic (exact) mass is 380 g/mol. The van der Waals surface area contributed by atoms with Crippen molar-refractivity contribution < 1.29 is 14.1 Å². The van der Waals surface area contributed by atoms with E-state index in [1.54, 1.807) is 54.2 Å². The average Bonchev–Trinajstić information content (AvgIpc) is 3.10. The first kappa shape index (κ1) is 19.0. The van der Waals surface area contributed by atoms with Gasteiger partial charge in [0.1, 0.15) is 11.6 Å². The number of nitro groups is 1. The smallest absolute Gasteiger partial charge is 0.276 e. The zero-order chi connectivity index (χ0) is 20.1. The Bertz CT molecular complexity index is 1060. The number of nitrogens with zero attached hydrogens (tertiary/aromatic N) is 3. The third-order valence-corrected chi connectivity index (χ3v) is 4.11. The molecule has 3 rings (SSSR count). The second-order valence-corrected chi connectivity index (χ2v) is 6.00. The summed E-state index contributed by atoms with van der Waals surface area (Å²) in [6, 6.07) is 10.8. The van der Waals surface area contributed by atoms with Crippen molar-refractivity contribution in [1.29, 1.82) is 0 Å². The normalized spacial score (nSPS) is 10.9. The summed E-state index contributed by atoms with van der Waals surface area (Å²) in [5.74, 6) is -0.198. The number of halogens is 1. The number of nitrogens with one attached hydrogen (secondary N) is 1. The van der Waals surface area contributed by atoms with Crippen LogP contribution in [0.4, 0.5) is 10.1 Å². The summed E-state index contributed by atoms with van der Waals surface area (Å²) in [6.45, 7) is 1.90. The van der Waals surface area contributed by atoms with Gasteiger partial charge in [-0.15, -0.1) is 0 Å². The molecule has 1 N–H and O–H groups in total. The second-order valence-electron chi connectivity index (χ2n) is 6.00. The molecular weight excluding hydrogens is 363 g/mol. The number of aryl methyl sites for hydroxylation is 1. The van der Waals surface area contributed by atoms with Crippen molar-refractivity contribution in [2.45, 2.75) is 13.5 Å². The van der Waals surface area contributed by atoms with Gasteiger partial charge in [0.15, 0.2) is 0 Å². The topological polar surface area (TPSA) is 90.1 Å². The SMILES string of the molecule is Cc1nccn1-c1ccc(CNC(=O)/C=C/c2ccccc2[N+](=O)[O-])cc1F. The standard InChI is InChI=1S/C20H17FN4O3/c1-14-22-10-11-24(14)19-8-6-15(12-17(19)21)13-23-20(26)9-7-16-4-2-3-5-18(16)25(27)28/h2-12H,13H2,1H3,(H,23,26)/b9-7+. The van der Waals surface area contributed by atoms with E-state index in [1.807, 2.05) is 0 Å². The van der Waals surface area contributed by atoms with Crippen LogP contribution in [0.3, 0.4) is 0 Å². The maximum Gasteiger partial charge on any atom is 0.276 e. The summed E-state index contributed by atoms with van der Waals surface area (Å²) in [7, 11) is 0. The molecule has 0 atom stereocenters. The third kappa shape index (κ3) is 4.29. The van der Waals surface area contributed by atoms with E-state index < -0.39 is 16.6 Å². The lowest BCUT2D eigenvalue weighted by atomic mass is 10.1. The number of carbonyl (C=O) groups is 1. The van der Waals surface area contributed by atoms with Gasteiger partial charge in [-0.3, -0.25) is 14.9 Å². The average molecular weight is 380 g/mol. The highest BCUT2D eigenvalue weighted by Crippen LogP contribution is 2.19. The van der Waals surface area contributed by atoms with Gasteiger partial charge in [-0.25, -0.2) is 9.37 Å². The Hall–Kier alpha value is -3.81. The molecule has 0 spiro atoms. The molecule has 28 heavy (non-hydrogen) atoms. The molecule has 7 nitrogen and oxygen atoms in total. The van der Waals surface area contributed by atoms with Crippen molar-refractivity contribution in [3.63, 3.8) is 0 Å². The Labute approximate surface area is 160 Å². The lowest BCUT2D eigenvalue weighted by molar-refractivity contribution is -0.385. The molecule has 142 valence electrons. The molecule has 2 aromatic carbocycles. The fourth-order valence-corrected chi connectivity index (χ4v) is 2.70. The van der Waals surface area contributed by atoms with Gasteiger partial charge in [-0.2, -0.15) is 0 Å². The molecule has 0 fully saturated rings. The number of hydrogen-bond donors (Lipinski definition) is 1. The van der Waals surface area contributed by atoms with Crippen LogP contribution in [0.5, 0.6) is 0 Å². The summed E-state index contributed by atoms with van der Waals surface area (Å²) >= 11 is 0. The van der Waals surface area contributed by atoms with Crippen molar-refractivity contribution in [1.82, 2.24) is 14.9 Å². The molecule has 1 heterocycles. The van der Waals surface area contributed by atoms with E-state index in [1.165, 1.54) is 24.3 Å². The van der Waals surface area contributed by atoms with Gasteiger partial charge >= 0.3 is 0 Å². The first-order valence-electron chi connectivity index (χ1n) is 8.44. The summed E-state index contributed by atoms with van der Waals surface area (Å²) in [5.41, 5.74) is 1.21. The van der Waals surface area contributed by atoms with Gasteiger partial charge in [0, 0.05) is 31.1 Å². The maximum atomic E-state index is 14.4. The minimum Gasteiger partial charge on any atom is -0.348 e. The van der Waals surface area contributed by atoms with Crippen LogP contribution in [-0.2, 0) is 11.3 Å². The summed E-state index contributed by atoms with van der Waals surface area (Å²) in [5, 5.41) is 13.6. The van der Waals surface area contributed by atoms with Crippen LogP contribution in [0.1, 0.15) is 17.0 Å². The van der Waals surface area contributed by atoms with Gasteiger partial charge in [0.25, 0.3) is 5.69 Å². The fraction of sp³-hybridized carbons (Fsp3) is 0.100. The van der Waals surface area contributed by atoms with Crippen molar-refractivity contribution in [2.24, 2.45) is 0 Å². The number of imidazole rings is 1. The van der Waals surface area contributed by atoms with Crippen LogP contribution in [0, 0.1) is 22.9 Å². The van der Waals surface area contributed by atoms with Crippen LogP contribution in [-0.4, -0.2) is 20.4 Å². The lowest BCUT2D eigenvalue weighted by Gasteiger charge is -2.09. The molecule has 8 heteroatoms. The number of amides is 1. The van der Waals surface area contributed by atoms with Crippen LogP contribution in [0.25, 0.3) is 11.8 Å². The Balaban J connectivity index is 1.65. The van der Waals surface area contributed by atoms with Crippen molar-refractivity contribution in [2.75, 3.05) is 0 Å². The van der Waals surface area contributed by atoms with E-state index >= 15 is 0 Å². The van der Waals surface area contributed by atoms with Gasteiger partial charge in [0.2, 0.25) is 5.91 Å². The number of para-hydroxylation sites is 1. The van der Waals surface area contributed by atoms with E-state index in [0.717, 1.165) is 0 Å². The van der Waals surface area contributed by atoms with Gasteiger partial charge in [-0.1, -0.05) is 18.2 Å². The predicted octanol–water partition coefficient (Wildman–Crippen LogP) is 3.56. The van der Waals surface area contributed by atoms with Crippen molar-refractivity contribution >= 4 is 17.7 Å². The van der Waals surface area contributed by atoms with Crippen molar-refractivity contribution in [3.05, 3.63) is 93.8 Å². The second kappa shape index (κ2) is 8.26. The van der Waals surface area contributed by atoms with Crippen LogP contribution in [0.2, 0.25) is 0 Å². The number of rotatable bonds is 6. The molecule has 0 aliphatic heterocycles. The number of aromatic nitrogens is 2. The van der Waals surface area contributed by atoms with Gasteiger partial charge < -0.3 is 9.88 Å². The molecule has 3 aromatic rings. The quantitative estimate of drug-likeness (QED) is 0.402. The highest BCUT2D eigenvalue weighted by molar-refractivity contribution is 5.92. The largest absolute Gasteiger partial charge is 0.348 e.